The zero-order chi connectivity index (χ0) is 13.7. The van der Waals surface area contributed by atoms with Gasteiger partial charge in [0.1, 0.15) is 5.75 Å². The monoisotopic (exact) mass is 261 g/mol. The van der Waals surface area contributed by atoms with Crippen LogP contribution in [0.3, 0.4) is 0 Å². The third kappa shape index (κ3) is 3.49. The smallest absolute Gasteiger partial charge is 0.222 e. The fourth-order valence-electron chi connectivity index (χ4n) is 2.51. The van der Waals surface area contributed by atoms with Crippen molar-refractivity contribution in [3.05, 3.63) is 29.8 Å². The largest absolute Gasteiger partial charge is 0.493 e. The van der Waals surface area contributed by atoms with Gasteiger partial charge in [-0.25, -0.2) is 0 Å². The lowest BCUT2D eigenvalue weighted by molar-refractivity contribution is -0.130. The molecular weight excluding hydrogens is 238 g/mol. The molecule has 1 aromatic rings. The molecule has 0 N–H and O–H groups in total. The van der Waals surface area contributed by atoms with Gasteiger partial charge in [0.15, 0.2) is 0 Å². The summed E-state index contributed by atoms with van der Waals surface area (Å²) in [5, 5.41) is 0. The highest BCUT2D eigenvalue weighted by Crippen LogP contribution is 2.35. The van der Waals surface area contributed by atoms with Crippen molar-refractivity contribution in [3.8, 4) is 5.75 Å². The zero-order valence-corrected chi connectivity index (χ0v) is 11.9. The Hall–Kier alpha value is -1.51. The predicted molar refractivity (Wildman–Crippen MR) is 76.5 cm³/mol. The van der Waals surface area contributed by atoms with Crippen molar-refractivity contribution in [2.75, 3.05) is 20.2 Å². The number of carbonyl (C=O) groups is 1. The van der Waals surface area contributed by atoms with Gasteiger partial charge in [0, 0.05) is 20.0 Å². The molecule has 19 heavy (non-hydrogen) atoms. The zero-order valence-electron chi connectivity index (χ0n) is 11.9. The minimum atomic E-state index is 0.246. The van der Waals surface area contributed by atoms with Crippen LogP contribution in [0.2, 0.25) is 0 Å². The lowest BCUT2D eigenvalue weighted by Crippen LogP contribution is -2.30. The molecule has 1 amide bonds. The second-order valence-corrected chi connectivity index (χ2v) is 5.24. The molecule has 0 saturated heterocycles. The summed E-state index contributed by atoms with van der Waals surface area (Å²) in [4.78, 5) is 14.1. The number of carbonyl (C=O) groups excluding carboxylic acids is 1. The number of nitrogens with zero attached hydrogens (tertiary/aromatic N) is 1. The number of benzene rings is 1. The van der Waals surface area contributed by atoms with E-state index >= 15 is 0 Å². The van der Waals surface area contributed by atoms with Gasteiger partial charge in [0.2, 0.25) is 5.91 Å². The number of para-hydroxylation sites is 1. The maximum atomic E-state index is 12.2. The van der Waals surface area contributed by atoms with Gasteiger partial charge in [0.05, 0.1) is 6.61 Å². The molecule has 0 bridgehead atoms. The molecule has 0 aliphatic carbocycles. The van der Waals surface area contributed by atoms with Crippen molar-refractivity contribution >= 4 is 5.91 Å². The highest BCUT2D eigenvalue weighted by Gasteiger charge is 2.24. The van der Waals surface area contributed by atoms with Crippen LogP contribution < -0.4 is 4.74 Å². The molecule has 1 atom stereocenters. The summed E-state index contributed by atoms with van der Waals surface area (Å²) in [7, 11) is 1.91. The Bertz CT molecular complexity index is 431. The van der Waals surface area contributed by atoms with Crippen LogP contribution in [0.15, 0.2) is 24.3 Å². The van der Waals surface area contributed by atoms with E-state index in [0.29, 0.717) is 18.9 Å². The van der Waals surface area contributed by atoms with E-state index in [1.54, 1.807) is 0 Å². The fourth-order valence-corrected chi connectivity index (χ4v) is 2.51. The number of amides is 1. The highest BCUT2D eigenvalue weighted by atomic mass is 16.5. The first-order valence-corrected chi connectivity index (χ1v) is 7.18. The molecule has 3 heteroatoms. The second-order valence-electron chi connectivity index (χ2n) is 5.24. The first-order valence-electron chi connectivity index (χ1n) is 7.18. The van der Waals surface area contributed by atoms with Crippen LogP contribution in [0.1, 0.15) is 44.1 Å². The van der Waals surface area contributed by atoms with Crippen molar-refractivity contribution in [2.24, 2.45) is 0 Å². The van der Waals surface area contributed by atoms with Crippen LogP contribution in [0.25, 0.3) is 0 Å². The van der Waals surface area contributed by atoms with E-state index in [2.05, 4.69) is 13.0 Å². The fraction of sp³-hybridized carbons (Fsp3) is 0.562. The van der Waals surface area contributed by atoms with Crippen molar-refractivity contribution in [3.63, 3.8) is 0 Å². The number of rotatable bonds is 5. The molecule has 0 aromatic heterocycles. The summed E-state index contributed by atoms with van der Waals surface area (Å²) in [6.07, 6.45) is 3.73. The standard InChI is InChI=1S/C16H23NO2/c1-3-4-10-17(2)16(18)12-13-9-11-19-15-8-6-5-7-14(13)15/h5-8,13H,3-4,9-12H2,1-2H3. The summed E-state index contributed by atoms with van der Waals surface area (Å²) in [6.45, 7) is 3.72. The number of unbranched alkanes of at least 4 members (excludes halogenated alkanes) is 1. The maximum Gasteiger partial charge on any atom is 0.222 e. The van der Waals surface area contributed by atoms with Crippen LogP contribution in [0, 0.1) is 0 Å². The Kier molecular flexibility index (Phi) is 4.83. The van der Waals surface area contributed by atoms with E-state index in [4.69, 9.17) is 4.74 Å². The molecule has 2 rings (SSSR count). The van der Waals surface area contributed by atoms with Crippen LogP contribution in [-0.4, -0.2) is 31.0 Å². The maximum absolute atomic E-state index is 12.2. The number of fused-ring (bicyclic) bond motifs is 1. The van der Waals surface area contributed by atoms with Crippen LogP contribution in [0.5, 0.6) is 5.75 Å². The topological polar surface area (TPSA) is 29.5 Å². The normalized spacial score (nSPS) is 17.5. The third-order valence-electron chi connectivity index (χ3n) is 3.78. The minimum absolute atomic E-state index is 0.246. The highest BCUT2D eigenvalue weighted by molar-refractivity contribution is 5.77. The van der Waals surface area contributed by atoms with Gasteiger partial charge in [-0.3, -0.25) is 4.79 Å². The average Bonchev–Trinajstić information content (AvgIpc) is 2.45. The van der Waals surface area contributed by atoms with E-state index < -0.39 is 0 Å². The summed E-state index contributed by atoms with van der Waals surface area (Å²) in [6, 6.07) is 8.08. The summed E-state index contributed by atoms with van der Waals surface area (Å²) in [5.74, 6) is 1.50. The van der Waals surface area contributed by atoms with Crippen LogP contribution >= 0.6 is 0 Å². The van der Waals surface area contributed by atoms with E-state index in [0.717, 1.165) is 31.6 Å². The van der Waals surface area contributed by atoms with Crippen LogP contribution in [0.4, 0.5) is 0 Å². The molecule has 0 spiro atoms. The minimum Gasteiger partial charge on any atom is -0.493 e. The molecule has 0 saturated carbocycles. The molecular formula is C16H23NO2. The molecule has 0 radical (unpaired) electrons. The second kappa shape index (κ2) is 6.60. The molecule has 1 aliphatic rings. The molecule has 0 fully saturated rings. The Morgan fingerprint density at radius 1 is 1.42 bits per heavy atom. The lowest BCUT2D eigenvalue weighted by Gasteiger charge is -2.27. The van der Waals surface area contributed by atoms with Crippen molar-refractivity contribution in [2.45, 2.75) is 38.5 Å². The van der Waals surface area contributed by atoms with E-state index in [-0.39, 0.29) is 5.91 Å². The van der Waals surface area contributed by atoms with Gasteiger partial charge in [-0.1, -0.05) is 31.5 Å². The molecule has 1 aromatic carbocycles. The third-order valence-corrected chi connectivity index (χ3v) is 3.78. The van der Waals surface area contributed by atoms with Crippen molar-refractivity contribution < 1.29 is 9.53 Å². The lowest BCUT2D eigenvalue weighted by atomic mass is 9.90. The molecule has 3 nitrogen and oxygen atoms in total. The summed E-state index contributed by atoms with van der Waals surface area (Å²) < 4.78 is 5.64. The van der Waals surface area contributed by atoms with Crippen molar-refractivity contribution in [1.29, 1.82) is 0 Å². The van der Waals surface area contributed by atoms with Gasteiger partial charge >= 0.3 is 0 Å². The Labute approximate surface area is 115 Å². The first-order chi connectivity index (χ1) is 9.22. The molecule has 1 heterocycles. The van der Waals surface area contributed by atoms with Crippen molar-refractivity contribution in [1.82, 2.24) is 4.90 Å². The van der Waals surface area contributed by atoms with Gasteiger partial charge < -0.3 is 9.64 Å². The molecule has 104 valence electrons. The van der Waals surface area contributed by atoms with E-state index in [1.807, 2.05) is 30.1 Å². The quantitative estimate of drug-likeness (QED) is 0.814. The van der Waals surface area contributed by atoms with Crippen LogP contribution in [-0.2, 0) is 4.79 Å². The average molecular weight is 261 g/mol. The number of hydrogen-bond donors (Lipinski definition) is 0. The Morgan fingerprint density at radius 3 is 3.00 bits per heavy atom. The van der Waals surface area contributed by atoms with Gasteiger partial charge in [-0.15, -0.1) is 0 Å². The van der Waals surface area contributed by atoms with E-state index in [1.165, 1.54) is 5.56 Å². The van der Waals surface area contributed by atoms with Gasteiger partial charge in [-0.05, 0) is 30.4 Å². The molecule has 1 aliphatic heterocycles. The summed E-state index contributed by atoms with van der Waals surface area (Å²) >= 11 is 0. The van der Waals surface area contributed by atoms with Gasteiger partial charge in [-0.2, -0.15) is 0 Å². The Balaban J connectivity index is 1.98. The SMILES string of the molecule is CCCCN(C)C(=O)CC1CCOc2ccccc21. The number of ether oxygens (including phenoxy) is 1. The van der Waals surface area contributed by atoms with E-state index in [9.17, 15) is 4.79 Å². The first kappa shape index (κ1) is 13.9. The Morgan fingerprint density at radius 2 is 2.21 bits per heavy atom. The van der Waals surface area contributed by atoms with Gasteiger partial charge in [0.25, 0.3) is 0 Å². The predicted octanol–water partition coefficient (Wildman–Crippen LogP) is 3.20. The number of hydrogen-bond acceptors (Lipinski definition) is 2. The summed E-state index contributed by atoms with van der Waals surface area (Å²) in [5.41, 5.74) is 1.19. The molecule has 1 unspecified atom stereocenters.